The summed E-state index contributed by atoms with van der Waals surface area (Å²) in [6, 6.07) is 5.47. The number of carbonyl (C=O) groups is 1. The lowest BCUT2D eigenvalue weighted by Crippen LogP contribution is -2.47. The van der Waals surface area contributed by atoms with Crippen molar-refractivity contribution in [3.8, 4) is 11.5 Å². The van der Waals surface area contributed by atoms with Gasteiger partial charge in [-0.1, -0.05) is 6.08 Å². The van der Waals surface area contributed by atoms with E-state index in [9.17, 15) is 4.79 Å². The molecule has 0 aliphatic carbocycles. The number of rotatable bonds is 3. The smallest absolute Gasteiger partial charge is 0.414 e. The van der Waals surface area contributed by atoms with Crippen LogP contribution in [0.2, 0.25) is 0 Å². The fraction of sp³-hybridized carbons (Fsp3) is 0.471. The van der Waals surface area contributed by atoms with Crippen molar-refractivity contribution in [1.29, 1.82) is 0 Å². The Morgan fingerprint density at radius 1 is 1.39 bits per heavy atom. The number of benzene rings is 1. The summed E-state index contributed by atoms with van der Waals surface area (Å²) in [5, 5.41) is 3.35. The SMILES string of the molecule is CN(C)C(=O)Oc1ccc2c(c1)OC(CN1CCNCC1)C=C2. The number of amides is 1. The molecular formula is C17H23N3O3. The molecule has 1 N–H and O–H groups in total. The van der Waals surface area contributed by atoms with Gasteiger partial charge in [-0.15, -0.1) is 0 Å². The lowest BCUT2D eigenvalue weighted by atomic mass is 10.1. The fourth-order valence-corrected chi connectivity index (χ4v) is 2.67. The highest BCUT2D eigenvalue weighted by Crippen LogP contribution is 2.30. The van der Waals surface area contributed by atoms with Gasteiger partial charge in [-0.3, -0.25) is 4.90 Å². The molecule has 1 aromatic rings. The summed E-state index contributed by atoms with van der Waals surface area (Å²) < 4.78 is 11.4. The van der Waals surface area contributed by atoms with Crippen LogP contribution in [0, 0.1) is 0 Å². The lowest BCUT2D eigenvalue weighted by Gasteiger charge is -2.31. The number of nitrogens with one attached hydrogen (secondary N) is 1. The van der Waals surface area contributed by atoms with Crippen LogP contribution in [0.1, 0.15) is 5.56 Å². The number of fused-ring (bicyclic) bond motifs is 1. The Morgan fingerprint density at radius 3 is 2.91 bits per heavy atom. The first kappa shape index (κ1) is 15.8. The summed E-state index contributed by atoms with van der Waals surface area (Å²) in [5.74, 6) is 1.26. The topological polar surface area (TPSA) is 54.0 Å². The van der Waals surface area contributed by atoms with Crippen molar-refractivity contribution in [3.63, 3.8) is 0 Å². The maximum Gasteiger partial charge on any atom is 0.414 e. The van der Waals surface area contributed by atoms with Gasteiger partial charge in [0.05, 0.1) is 0 Å². The third-order valence-electron chi connectivity index (χ3n) is 3.97. The molecule has 1 atom stereocenters. The quantitative estimate of drug-likeness (QED) is 0.914. The van der Waals surface area contributed by atoms with Gasteiger partial charge in [0.1, 0.15) is 17.6 Å². The Bertz CT molecular complexity index is 595. The molecular weight excluding hydrogens is 294 g/mol. The van der Waals surface area contributed by atoms with Crippen molar-refractivity contribution in [3.05, 3.63) is 29.8 Å². The molecule has 1 saturated heterocycles. The van der Waals surface area contributed by atoms with E-state index in [4.69, 9.17) is 9.47 Å². The van der Waals surface area contributed by atoms with Gasteiger partial charge in [0.2, 0.25) is 0 Å². The number of hydrogen-bond donors (Lipinski definition) is 1. The van der Waals surface area contributed by atoms with E-state index in [0.717, 1.165) is 44.0 Å². The van der Waals surface area contributed by atoms with Crippen LogP contribution in [0.5, 0.6) is 11.5 Å². The molecule has 0 aromatic heterocycles. The van der Waals surface area contributed by atoms with Gasteiger partial charge >= 0.3 is 6.09 Å². The molecule has 1 fully saturated rings. The van der Waals surface area contributed by atoms with E-state index in [1.165, 1.54) is 4.90 Å². The second-order valence-corrected chi connectivity index (χ2v) is 6.03. The highest BCUT2D eigenvalue weighted by molar-refractivity contribution is 5.71. The summed E-state index contributed by atoms with van der Waals surface area (Å²) in [5.41, 5.74) is 1.01. The maximum absolute atomic E-state index is 11.6. The van der Waals surface area contributed by atoms with Gasteiger partial charge in [-0.05, 0) is 18.2 Å². The van der Waals surface area contributed by atoms with E-state index < -0.39 is 6.09 Å². The average Bonchev–Trinajstić information content (AvgIpc) is 2.55. The Hall–Kier alpha value is -2.05. The second-order valence-electron chi connectivity index (χ2n) is 6.03. The molecule has 2 heterocycles. The molecule has 0 saturated carbocycles. The minimum absolute atomic E-state index is 0.0281. The molecule has 0 radical (unpaired) electrons. The van der Waals surface area contributed by atoms with Gasteiger partial charge in [0, 0.05) is 58.4 Å². The normalized spacial score (nSPS) is 20.5. The van der Waals surface area contributed by atoms with E-state index in [1.807, 2.05) is 6.07 Å². The minimum atomic E-state index is -0.395. The third kappa shape index (κ3) is 4.03. The number of hydrogen-bond acceptors (Lipinski definition) is 5. The van der Waals surface area contributed by atoms with Crippen LogP contribution < -0.4 is 14.8 Å². The molecule has 124 valence electrons. The third-order valence-corrected chi connectivity index (χ3v) is 3.97. The highest BCUT2D eigenvalue weighted by Gasteiger charge is 2.20. The van der Waals surface area contributed by atoms with E-state index in [1.54, 1.807) is 26.2 Å². The fourth-order valence-electron chi connectivity index (χ4n) is 2.67. The van der Waals surface area contributed by atoms with Crippen molar-refractivity contribution < 1.29 is 14.3 Å². The van der Waals surface area contributed by atoms with Gasteiger partial charge in [-0.25, -0.2) is 4.79 Å². The zero-order valence-corrected chi connectivity index (χ0v) is 13.6. The predicted molar refractivity (Wildman–Crippen MR) is 88.9 cm³/mol. The summed E-state index contributed by atoms with van der Waals surface area (Å²) in [6.07, 6.45) is 3.80. The van der Waals surface area contributed by atoms with Crippen molar-refractivity contribution >= 4 is 12.2 Å². The molecule has 1 unspecified atom stereocenters. The van der Waals surface area contributed by atoms with E-state index in [-0.39, 0.29) is 6.10 Å². The number of ether oxygens (including phenoxy) is 2. The first-order valence-corrected chi connectivity index (χ1v) is 7.93. The zero-order valence-electron chi connectivity index (χ0n) is 13.6. The van der Waals surface area contributed by atoms with Gasteiger partial charge in [0.15, 0.2) is 0 Å². The summed E-state index contributed by atoms with van der Waals surface area (Å²) >= 11 is 0. The second kappa shape index (κ2) is 7.02. The molecule has 3 rings (SSSR count). The Morgan fingerprint density at radius 2 is 2.17 bits per heavy atom. The maximum atomic E-state index is 11.6. The molecule has 0 bridgehead atoms. The van der Waals surface area contributed by atoms with E-state index in [0.29, 0.717) is 5.75 Å². The van der Waals surface area contributed by atoms with Crippen molar-refractivity contribution in [2.75, 3.05) is 46.8 Å². The molecule has 23 heavy (non-hydrogen) atoms. The molecule has 2 aliphatic heterocycles. The molecule has 6 nitrogen and oxygen atoms in total. The zero-order chi connectivity index (χ0) is 16.2. The average molecular weight is 317 g/mol. The molecule has 6 heteroatoms. The monoisotopic (exact) mass is 317 g/mol. The van der Waals surface area contributed by atoms with Crippen LogP contribution in [-0.4, -0.2) is 68.8 Å². The van der Waals surface area contributed by atoms with Crippen LogP contribution in [0.4, 0.5) is 4.79 Å². The van der Waals surface area contributed by atoms with E-state index >= 15 is 0 Å². The van der Waals surface area contributed by atoms with Gasteiger partial charge < -0.3 is 19.7 Å². The van der Waals surface area contributed by atoms with Gasteiger partial charge in [0.25, 0.3) is 0 Å². The number of piperazine rings is 1. The first-order chi connectivity index (χ1) is 11.1. The van der Waals surface area contributed by atoms with Crippen LogP contribution in [0.25, 0.3) is 6.08 Å². The molecule has 1 aromatic carbocycles. The minimum Gasteiger partial charge on any atom is -0.484 e. The van der Waals surface area contributed by atoms with Crippen LogP contribution in [0.3, 0.4) is 0 Å². The largest absolute Gasteiger partial charge is 0.484 e. The Labute approximate surface area is 136 Å². The molecule has 1 amide bonds. The van der Waals surface area contributed by atoms with Crippen LogP contribution >= 0.6 is 0 Å². The standard InChI is InChI=1S/C17H23N3O3/c1-19(2)17(21)23-14-5-3-13-4-6-15(22-16(13)11-14)12-20-9-7-18-8-10-20/h3-6,11,15,18H,7-10,12H2,1-2H3. The Balaban J connectivity index is 1.65. The van der Waals surface area contributed by atoms with Crippen molar-refractivity contribution in [2.45, 2.75) is 6.10 Å². The molecule has 0 spiro atoms. The summed E-state index contributed by atoms with van der Waals surface area (Å²) in [6.45, 7) is 5.01. The first-order valence-electron chi connectivity index (χ1n) is 7.93. The highest BCUT2D eigenvalue weighted by atomic mass is 16.6. The summed E-state index contributed by atoms with van der Waals surface area (Å²) in [7, 11) is 3.31. The van der Waals surface area contributed by atoms with E-state index in [2.05, 4.69) is 22.4 Å². The van der Waals surface area contributed by atoms with Crippen LogP contribution in [-0.2, 0) is 0 Å². The van der Waals surface area contributed by atoms with Crippen molar-refractivity contribution in [1.82, 2.24) is 15.1 Å². The summed E-state index contributed by atoms with van der Waals surface area (Å²) in [4.78, 5) is 15.4. The number of nitrogens with zero attached hydrogens (tertiary/aromatic N) is 2. The Kier molecular flexibility index (Phi) is 4.83. The predicted octanol–water partition coefficient (Wildman–Crippen LogP) is 1.43. The van der Waals surface area contributed by atoms with Crippen LogP contribution in [0.15, 0.2) is 24.3 Å². The van der Waals surface area contributed by atoms with Gasteiger partial charge in [-0.2, -0.15) is 0 Å². The van der Waals surface area contributed by atoms with Crippen molar-refractivity contribution in [2.24, 2.45) is 0 Å². The lowest BCUT2D eigenvalue weighted by molar-refractivity contribution is 0.150. The molecule has 2 aliphatic rings. The number of carbonyl (C=O) groups excluding carboxylic acids is 1.